The number of fused-ring (bicyclic) bond motifs is 1. The van der Waals surface area contributed by atoms with Crippen LogP contribution in [0, 0.1) is 0 Å². The maximum Gasteiger partial charge on any atom is 0.109 e. The SMILES string of the molecule is CCCC(CCC)c1ncc(-c2ccc3c(c2)CCCC3)[nH]1.CCCCCO. The maximum atomic E-state index is 8.20. The Morgan fingerprint density at radius 1 is 0.964 bits per heavy atom. The fourth-order valence-corrected chi connectivity index (χ4v) is 4.07. The Balaban J connectivity index is 0.000000409. The maximum absolute atomic E-state index is 8.20. The second-order valence-corrected chi connectivity index (χ2v) is 8.08. The number of imidazole rings is 1. The molecule has 0 saturated heterocycles. The number of aromatic nitrogens is 2. The summed E-state index contributed by atoms with van der Waals surface area (Å²) in [6.45, 7) is 7.00. The lowest BCUT2D eigenvalue weighted by Gasteiger charge is -2.16. The number of H-pyrrole nitrogens is 1. The first-order valence-corrected chi connectivity index (χ1v) is 11.5. The summed E-state index contributed by atoms with van der Waals surface area (Å²) in [5.41, 5.74) is 5.56. The lowest BCUT2D eigenvalue weighted by molar-refractivity contribution is 0.284. The van der Waals surface area contributed by atoms with Crippen LogP contribution in [-0.4, -0.2) is 21.7 Å². The Morgan fingerprint density at radius 2 is 1.68 bits per heavy atom. The monoisotopic (exact) mass is 384 g/mol. The molecule has 3 heteroatoms. The second kappa shape index (κ2) is 12.8. The zero-order valence-electron chi connectivity index (χ0n) is 18.3. The highest BCUT2D eigenvalue weighted by atomic mass is 16.2. The first-order chi connectivity index (χ1) is 13.7. The number of hydrogen-bond donors (Lipinski definition) is 2. The summed E-state index contributed by atoms with van der Waals surface area (Å²) < 4.78 is 0. The lowest BCUT2D eigenvalue weighted by Crippen LogP contribution is -2.02. The molecule has 1 aliphatic rings. The number of rotatable bonds is 9. The van der Waals surface area contributed by atoms with Crippen molar-refractivity contribution in [2.24, 2.45) is 0 Å². The first-order valence-electron chi connectivity index (χ1n) is 11.5. The molecule has 156 valence electrons. The summed E-state index contributed by atoms with van der Waals surface area (Å²) in [6, 6.07) is 6.95. The minimum atomic E-state index is 0.355. The van der Waals surface area contributed by atoms with Crippen molar-refractivity contribution in [1.29, 1.82) is 0 Å². The fraction of sp³-hybridized carbons (Fsp3) is 0.640. The van der Waals surface area contributed by atoms with Crippen LogP contribution in [0.5, 0.6) is 0 Å². The average Bonchev–Trinajstić information content (AvgIpc) is 3.22. The Bertz CT molecular complexity index is 667. The standard InChI is InChI=1S/C20H28N2.C5H12O/c1-3-7-16(8-4-2)20-21-14-19(22-20)18-12-11-15-9-5-6-10-17(15)13-18;1-2-3-4-5-6/h11-14,16H,3-10H2,1-2H3,(H,21,22);6H,2-5H2,1H3. The molecule has 0 atom stereocenters. The van der Waals surface area contributed by atoms with E-state index in [-0.39, 0.29) is 0 Å². The molecule has 0 radical (unpaired) electrons. The third kappa shape index (κ3) is 6.77. The molecule has 0 saturated carbocycles. The number of hydrogen-bond acceptors (Lipinski definition) is 2. The zero-order valence-corrected chi connectivity index (χ0v) is 18.3. The molecular formula is C25H40N2O. The van der Waals surface area contributed by atoms with Crippen molar-refractivity contribution < 1.29 is 5.11 Å². The van der Waals surface area contributed by atoms with Crippen LogP contribution < -0.4 is 0 Å². The normalized spacial score (nSPS) is 13.2. The summed E-state index contributed by atoms with van der Waals surface area (Å²) in [5, 5.41) is 8.20. The van der Waals surface area contributed by atoms with E-state index < -0.39 is 0 Å². The Labute approximate surface area is 172 Å². The van der Waals surface area contributed by atoms with E-state index in [1.54, 1.807) is 11.1 Å². The van der Waals surface area contributed by atoms with Gasteiger partial charge in [0.2, 0.25) is 0 Å². The average molecular weight is 385 g/mol. The van der Waals surface area contributed by atoms with Gasteiger partial charge in [-0.2, -0.15) is 0 Å². The highest BCUT2D eigenvalue weighted by Gasteiger charge is 2.15. The number of nitrogens with zero attached hydrogens (tertiary/aromatic N) is 1. The van der Waals surface area contributed by atoms with Gasteiger partial charge in [-0.1, -0.05) is 58.6 Å². The molecule has 0 unspecified atom stereocenters. The van der Waals surface area contributed by atoms with Crippen LogP contribution >= 0.6 is 0 Å². The number of aliphatic hydroxyl groups is 1. The van der Waals surface area contributed by atoms with Gasteiger partial charge in [-0.25, -0.2) is 4.98 Å². The Morgan fingerprint density at radius 3 is 2.29 bits per heavy atom. The summed E-state index contributed by atoms with van der Waals surface area (Å²) in [5.74, 6) is 1.76. The van der Waals surface area contributed by atoms with Gasteiger partial charge in [0, 0.05) is 12.5 Å². The molecule has 1 aromatic carbocycles. The van der Waals surface area contributed by atoms with E-state index in [2.05, 4.69) is 48.9 Å². The molecule has 0 aliphatic heterocycles. The van der Waals surface area contributed by atoms with Crippen molar-refractivity contribution in [3.8, 4) is 11.3 Å². The predicted octanol–water partition coefficient (Wildman–Crippen LogP) is 6.81. The number of nitrogens with one attached hydrogen (secondary N) is 1. The van der Waals surface area contributed by atoms with Crippen molar-refractivity contribution in [3.63, 3.8) is 0 Å². The van der Waals surface area contributed by atoms with Gasteiger partial charge >= 0.3 is 0 Å². The van der Waals surface area contributed by atoms with E-state index in [0.717, 1.165) is 12.8 Å². The zero-order chi connectivity index (χ0) is 20.2. The van der Waals surface area contributed by atoms with Crippen molar-refractivity contribution in [2.45, 2.75) is 97.3 Å². The van der Waals surface area contributed by atoms with Crippen LogP contribution in [0.3, 0.4) is 0 Å². The van der Waals surface area contributed by atoms with E-state index in [9.17, 15) is 0 Å². The molecule has 28 heavy (non-hydrogen) atoms. The molecule has 1 aromatic heterocycles. The van der Waals surface area contributed by atoms with Crippen LogP contribution in [0.2, 0.25) is 0 Å². The molecule has 1 heterocycles. The van der Waals surface area contributed by atoms with Gasteiger partial charge in [0.25, 0.3) is 0 Å². The molecule has 3 rings (SSSR count). The second-order valence-electron chi connectivity index (χ2n) is 8.08. The van der Waals surface area contributed by atoms with Gasteiger partial charge in [-0.05, 0) is 67.7 Å². The van der Waals surface area contributed by atoms with Crippen molar-refractivity contribution in [3.05, 3.63) is 41.3 Å². The van der Waals surface area contributed by atoms with Crippen molar-refractivity contribution >= 4 is 0 Å². The number of benzene rings is 1. The third-order valence-corrected chi connectivity index (χ3v) is 5.68. The van der Waals surface area contributed by atoms with Gasteiger partial charge in [-0.3, -0.25) is 0 Å². The summed E-state index contributed by atoms with van der Waals surface area (Å²) in [4.78, 5) is 8.28. The number of aromatic amines is 1. The number of unbranched alkanes of at least 4 members (excludes halogenated alkanes) is 2. The van der Waals surface area contributed by atoms with E-state index in [1.165, 1.54) is 74.9 Å². The lowest BCUT2D eigenvalue weighted by atomic mass is 9.90. The molecule has 0 bridgehead atoms. The Hall–Kier alpha value is -1.61. The minimum absolute atomic E-state index is 0.355. The number of aliphatic hydroxyl groups excluding tert-OH is 1. The largest absolute Gasteiger partial charge is 0.396 e. The molecule has 3 nitrogen and oxygen atoms in total. The quantitative estimate of drug-likeness (QED) is 0.467. The topological polar surface area (TPSA) is 48.9 Å². The van der Waals surface area contributed by atoms with Crippen LogP contribution in [0.15, 0.2) is 24.4 Å². The smallest absolute Gasteiger partial charge is 0.109 e. The van der Waals surface area contributed by atoms with Crippen LogP contribution in [-0.2, 0) is 12.8 Å². The van der Waals surface area contributed by atoms with Crippen LogP contribution in [0.4, 0.5) is 0 Å². The first kappa shape index (κ1) is 22.7. The van der Waals surface area contributed by atoms with Gasteiger partial charge in [0.1, 0.15) is 5.82 Å². The van der Waals surface area contributed by atoms with Crippen molar-refractivity contribution in [2.75, 3.05) is 6.61 Å². The van der Waals surface area contributed by atoms with Gasteiger partial charge in [0.15, 0.2) is 0 Å². The summed E-state index contributed by atoms with van der Waals surface area (Å²) in [7, 11) is 0. The van der Waals surface area contributed by atoms with E-state index >= 15 is 0 Å². The molecule has 1 aliphatic carbocycles. The van der Waals surface area contributed by atoms with Crippen molar-refractivity contribution in [1.82, 2.24) is 9.97 Å². The Kier molecular flexibility index (Phi) is 10.3. The fourth-order valence-electron chi connectivity index (χ4n) is 4.07. The van der Waals surface area contributed by atoms with E-state index in [1.807, 2.05) is 6.20 Å². The molecule has 0 fully saturated rings. The molecule has 0 spiro atoms. The van der Waals surface area contributed by atoms with E-state index in [4.69, 9.17) is 5.11 Å². The third-order valence-electron chi connectivity index (χ3n) is 5.68. The van der Waals surface area contributed by atoms with Crippen LogP contribution in [0.25, 0.3) is 11.3 Å². The minimum Gasteiger partial charge on any atom is -0.396 e. The molecule has 2 N–H and O–H groups in total. The number of aryl methyl sites for hydroxylation is 2. The van der Waals surface area contributed by atoms with Crippen LogP contribution in [0.1, 0.15) is 101 Å². The van der Waals surface area contributed by atoms with E-state index in [0.29, 0.717) is 12.5 Å². The summed E-state index contributed by atoms with van der Waals surface area (Å²) >= 11 is 0. The molecule has 0 amide bonds. The van der Waals surface area contributed by atoms with Gasteiger partial charge in [0.05, 0.1) is 11.9 Å². The highest BCUT2D eigenvalue weighted by Crippen LogP contribution is 2.29. The summed E-state index contributed by atoms with van der Waals surface area (Å²) in [6.07, 6.45) is 15.4. The molecular weight excluding hydrogens is 344 g/mol. The van der Waals surface area contributed by atoms with Gasteiger partial charge < -0.3 is 10.1 Å². The highest BCUT2D eigenvalue weighted by molar-refractivity contribution is 5.61. The predicted molar refractivity (Wildman–Crippen MR) is 120 cm³/mol. The van der Waals surface area contributed by atoms with Gasteiger partial charge in [-0.15, -0.1) is 0 Å². The molecule has 2 aromatic rings.